The number of aliphatic hydroxyl groups excluding tert-OH is 1. The zero-order valence-electron chi connectivity index (χ0n) is 32.4. The summed E-state index contributed by atoms with van der Waals surface area (Å²) in [6.07, 6.45) is 60.3. The molecule has 50 heavy (non-hydrogen) atoms. The van der Waals surface area contributed by atoms with Gasteiger partial charge >= 0.3 is 5.97 Å². The Morgan fingerprint density at radius 1 is 0.500 bits per heavy atom. The Balaban J connectivity index is 3.63. The van der Waals surface area contributed by atoms with Crippen LogP contribution in [0.3, 0.4) is 0 Å². The number of carbonyl (C=O) groups excluding carboxylic acids is 1. The largest absolute Gasteiger partial charge is 0.457 e. The number of rotatable bonds is 36. The standard InChI is InChI=1S/C46H76O4/c1-3-5-7-9-11-13-15-17-19-20-21-22-23-24-25-26-27-29-31-33-35-37-39-41-46(48)50-45(43-47)44-49-42-40-38-36-34-32-30-28-18-16-14-12-10-8-6-4-2/h5,7,11,13,16-19,21-22,24-25,27,29,33,35,45,47H,3-4,6,8-10,12,14-15,20,23,26,28,30-32,34,36-44H2,1-2H3/b7-5-,13-11-,18-16-,19-17-,22-21-,25-24-,29-27-,35-33-. The summed E-state index contributed by atoms with van der Waals surface area (Å²) in [4.78, 5) is 12.2. The molecule has 0 fully saturated rings. The quantitative estimate of drug-likeness (QED) is 0.0403. The van der Waals surface area contributed by atoms with Crippen LogP contribution in [0.15, 0.2) is 97.2 Å². The van der Waals surface area contributed by atoms with Crippen LogP contribution >= 0.6 is 0 Å². The van der Waals surface area contributed by atoms with Crippen molar-refractivity contribution in [2.24, 2.45) is 0 Å². The molecule has 1 atom stereocenters. The van der Waals surface area contributed by atoms with Gasteiger partial charge in [-0.15, -0.1) is 0 Å². The minimum atomic E-state index is -0.574. The summed E-state index contributed by atoms with van der Waals surface area (Å²) >= 11 is 0. The monoisotopic (exact) mass is 693 g/mol. The number of hydrogen-bond donors (Lipinski definition) is 1. The highest BCUT2D eigenvalue weighted by Crippen LogP contribution is 2.10. The lowest BCUT2D eigenvalue weighted by Crippen LogP contribution is -2.27. The zero-order valence-corrected chi connectivity index (χ0v) is 32.4. The molecule has 0 amide bonds. The lowest BCUT2D eigenvalue weighted by atomic mass is 10.1. The van der Waals surface area contributed by atoms with Gasteiger partial charge in [0.2, 0.25) is 0 Å². The third-order valence-corrected chi connectivity index (χ3v) is 8.14. The van der Waals surface area contributed by atoms with E-state index in [1.807, 2.05) is 0 Å². The third-order valence-electron chi connectivity index (χ3n) is 8.14. The number of unbranched alkanes of at least 4 members (excludes halogenated alkanes) is 12. The van der Waals surface area contributed by atoms with E-state index in [-0.39, 0.29) is 19.2 Å². The molecule has 0 spiro atoms. The molecular formula is C46H76O4. The normalized spacial score (nSPS) is 13.4. The molecule has 1 N–H and O–H groups in total. The number of aliphatic hydroxyl groups is 1. The second-order valence-electron chi connectivity index (χ2n) is 13.0. The van der Waals surface area contributed by atoms with Crippen molar-refractivity contribution in [2.45, 2.75) is 168 Å². The first kappa shape index (κ1) is 47.3. The van der Waals surface area contributed by atoms with Gasteiger partial charge < -0.3 is 14.6 Å². The third kappa shape index (κ3) is 39.7. The Bertz CT molecular complexity index is 949. The number of hydrogen-bond acceptors (Lipinski definition) is 4. The van der Waals surface area contributed by atoms with Gasteiger partial charge in [0.1, 0.15) is 6.10 Å². The van der Waals surface area contributed by atoms with Gasteiger partial charge in [-0.1, -0.05) is 162 Å². The summed E-state index contributed by atoms with van der Waals surface area (Å²) in [5.74, 6) is -0.264. The highest BCUT2D eigenvalue weighted by atomic mass is 16.6. The van der Waals surface area contributed by atoms with Crippen LogP contribution in [-0.4, -0.2) is 37.0 Å². The Kier molecular flexibility index (Phi) is 40.2. The van der Waals surface area contributed by atoms with Crippen LogP contribution in [0.5, 0.6) is 0 Å². The van der Waals surface area contributed by atoms with E-state index in [9.17, 15) is 9.90 Å². The smallest absolute Gasteiger partial charge is 0.306 e. The predicted octanol–water partition coefficient (Wildman–Crippen LogP) is 13.4. The Morgan fingerprint density at radius 2 is 0.900 bits per heavy atom. The maximum absolute atomic E-state index is 12.2. The Hall–Kier alpha value is -2.69. The summed E-state index contributed by atoms with van der Waals surface area (Å²) in [5, 5.41) is 9.57. The molecular weight excluding hydrogens is 617 g/mol. The average molecular weight is 693 g/mol. The van der Waals surface area contributed by atoms with Crippen molar-refractivity contribution in [1.29, 1.82) is 0 Å². The molecule has 0 rings (SSSR count). The van der Waals surface area contributed by atoms with E-state index in [0.29, 0.717) is 13.0 Å². The van der Waals surface area contributed by atoms with Gasteiger partial charge in [0, 0.05) is 13.0 Å². The second-order valence-corrected chi connectivity index (χ2v) is 13.0. The molecule has 0 radical (unpaired) electrons. The molecule has 0 aromatic carbocycles. The molecule has 0 saturated heterocycles. The van der Waals surface area contributed by atoms with Crippen molar-refractivity contribution in [1.82, 2.24) is 0 Å². The number of ether oxygens (including phenoxy) is 2. The van der Waals surface area contributed by atoms with Crippen LogP contribution in [0, 0.1) is 0 Å². The van der Waals surface area contributed by atoms with E-state index >= 15 is 0 Å². The predicted molar refractivity (Wildman–Crippen MR) is 218 cm³/mol. The topological polar surface area (TPSA) is 55.8 Å². The molecule has 0 aliphatic carbocycles. The van der Waals surface area contributed by atoms with Crippen LogP contribution in [0.25, 0.3) is 0 Å². The molecule has 284 valence electrons. The van der Waals surface area contributed by atoms with Gasteiger partial charge in [0.15, 0.2) is 0 Å². The SMILES string of the molecule is CC/C=C\C/C=C\C/C=C\C/C=C\C/C=C\C/C=C\C/C=C\CCCC(=O)OC(CO)COCCCCCCCC/C=C\CCCCCCC. The molecule has 0 aliphatic rings. The zero-order chi connectivity index (χ0) is 36.3. The highest BCUT2D eigenvalue weighted by molar-refractivity contribution is 5.69. The van der Waals surface area contributed by atoms with E-state index in [1.165, 1.54) is 70.6 Å². The summed E-state index contributed by atoms with van der Waals surface area (Å²) in [6, 6.07) is 0. The molecule has 0 saturated carbocycles. The van der Waals surface area contributed by atoms with Gasteiger partial charge in [0.25, 0.3) is 0 Å². The molecule has 4 nitrogen and oxygen atoms in total. The molecule has 0 aliphatic heterocycles. The summed E-state index contributed by atoms with van der Waals surface area (Å²) < 4.78 is 11.1. The Morgan fingerprint density at radius 3 is 1.38 bits per heavy atom. The van der Waals surface area contributed by atoms with E-state index in [1.54, 1.807) is 0 Å². The highest BCUT2D eigenvalue weighted by Gasteiger charge is 2.13. The van der Waals surface area contributed by atoms with Crippen molar-refractivity contribution in [3.8, 4) is 0 Å². The van der Waals surface area contributed by atoms with Crippen LogP contribution in [-0.2, 0) is 14.3 Å². The Labute approximate surface area is 309 Å². The molecule has 4 heteroatoms. The maximum Gasteiger partial charge on any atom is 0.306 e. The van der Waals surface area contributed by atoms with Crippen molar-refractivity contribution in [3.05, 3.63) is 97.2 Å². The van der Waals surface area contributed by atoms with E-state index in [2.05, 4.69) is 111 Å². The van der Waals surface area contributed by atoms with Crippen molar-refractivity contribution in [2.75, 3.05) is 19.8 Å². The summed E-state index contributed by atoms with van der Waals surface area (Å²) in [5.41, 5.74) is 0. The molecule has 0 heterocycles. The van der Waals surface area contributed by atoms with E-state index < -0.39 is 6.10 Å². The fourth-order valence-corrected chi connectivity index (χ4v) is 5.13. The van der Waals surface area contributed by atoms with Gasteiger partial charge in [0.05, 0.1) is 13.2 Å². The minimum Gasteiger partial charge on any atom is -0.457 e. The van der Waals surface area contributed by atoms with Crippen molar-refractivity contribution >= 4 is 5.97 Å². The van der Waals surface area contributed by atoms with Gasteiger partial charge in [-0.2, -0.15) is 0 Å². The molecule has 1 unspecified atom stereocenters. The number of carbonyl (C=O) groups is 1. The first-order valence-electron chi connectivity index (χ1n) is 20.3. The van der Waals surface area contributed by atoms with Crippen molar-refractivity contribution in [3.63, 3.8) is 0 Å². The average Bonchev–Trinajstić information content (AvgIpc) is 3.12. The lowest BCUT2D eigenvalue weighted by molar-refractivity contribution is -0.154. The molecule has 0 bridgehead atoms. The van der Waals surface area contributed by atoms with Gasteiger partial charge in [-0.05, 0) is 89.9 Å². The number of esters is 1. The van der Waals surface area contributed by atoms with Crippen LogP contribution < -0.4 is 0 Å². The van der Waals surface area contributed by atoms with Crippen LogP contribution in [0.1, 0.15) is 162 Å². The summed E-state index contributed by atoms with van der Waals surface area (Å²) in [7, 11) is 0. The maximum atomic E-state index is 12.2. The minimum absolute atomic E-state index is 0.203. The molecule has 0 aromatic rings. The lowest BCUT2D eigenvalue weighted by Gasteiger charge is -2.15. The fraction of sp³-hybridized carbons (Fsp3) is 0.630. The van der Waals surface area contributed by atoms with E-state index in [0.717, 1.165) is 70.6 Å². The van der Waals surface area contributed by atoms with Gasteiger partial charge in [-0.25, -0.2) is 0 Å². The second kappa shape index (κ2) is 42.5. The fourth-order valence-electron chi connectivity index (χ4n) is 5.13. The number of allylic oxidation sites excluding steroid dienone is 16. The van der Waals surface area contributed by atoms with E-state index in [4.69, 9.17) is 9.47 Å². The molecule has 0 aromatic heterocycles. The van der Waals surface area contributed by atoms with Crippen LogP contribution in [0.2, 0.25) is 0 Å². The summed E-state index contributed by atoms with van der Waals surface area (Å²) in [6.45, 7) is 5.13. The first-order valence-corrected chi connectivity index (χ1v) is 20.3. The van der Waals surface area contributed by atoms with Crippen molar-refractivity contribution < 1.29 is 19.4 Å². The first-order chi connectivity index (χ1) is 24.7. The van der Waals surface area contributed by atoms with Crippen LogP contribution in [0.4, 0.5) is 0 Å². The van der Waals surface area contributed by atoms with Gasteiger partial charge in [-0.3, -0.25) is 4.79 Å².